The first kappa shape index (κ1) is 7.96. The number of hydrogen-bond acceptors (Lipinski definition) is 1. The Morgan fingerprint density at radius 3 is 2.92 bits per heavy atom. The van der Waals surface area contributed by atoms with Gasteiger partial charge in [0, 0.05) is 4.90 Å². The highest BCUT2D eigenvalue weighted by Gasteiger charge is 2.03. The average Bonchev–Trinajstić information content (AvgIpc) is 2.25. The maximum atomic E-state index is 5.92. The van der Waals surface area contributed by atoms with Crippen molar-refractivity contribution in [2.75, 3.05) is 0 Å². The molecule has 0 unspecified atom stereocenters. The van der Waals surface area contributed by atoms with Crippen LogP contribution in [0.15, 0.2) is 45.7 Å². The van der Waals surface area contributed by atoms with Crippen molar-refractivity contribution in [1.82, 2.24) is 0 Å². The summed E-state index contributed by atoms with van der Waals surface area (Å²) in [5.41, 5.74) is 1.23. The Kier molecular flexibility index (Phi) is 2.24. The summed E-state index contributed by atoms with van der Waals surface area (Å²) in [6.45, 7) is 0. The second kappa shape index (κ2) is 3.38. The normalized spacial score (nSPS) is 14.9. The van der Waals surface area contributed by atoms with Gasteiger partial charge in [-0.05, 0) is 17.7 Å². The van der Waals surface area contributed by atoms with Crippen molar-refractivity contribution in [2.24, 2.45) is 0 Å². The van der Waals surface area contributed by atoms with E-state index in [1.165, 1.54) is 10.5 Å². The van der Waals surface area contributed by atoms with Crippen LogP contribution in [0.4, 0.5) is 0 Å². The molecule has 0 radical (unpaired) electrons. The van der Waals surface area contributed by atoms with Crippen LogP contribution in [-0.2, 0) is 0 Å². The third-order valence-electron chi connectivity index (χ3n) is 1.63. The minimum Gasteiger partial charge on any atom is -0.0771 e. The molecule has 12 heavy (non-hydrogen) atoms. The number of fused-ring (bicyclic) bond motifs is 1. The minimum atomic E-state index is 0.816. The maximum absolute atomic E-state index is 5.92. The van der Waals surface area contributed by atoms with E-state index in [9.17, 15) is 0 Å². The fourth-order valence-electron chi connectivity index (χ4n) is 1.08. The summed E-state index contributed by atoms with van der Waals surface area (Å²) in [4.78, 5) is 1.22. The molecule has 0 atom stereocenters. The van der Waals surface area contributed by atoms with Crippen LogP contribution in [-0.4, -0.2) is 0 Å². The van der Waals surface area contributed by atoms with Gasteiger partial charge in [-0.3, -0.25) is 0 Å². The standard InChI is InChI=1S/C10H7ClS/c11-10-7-3-5-8-4-1-2-6-9(8)12-10/h1-7H. The van der Waals surface area contributed by atoms with Gasteiger partial charge >= 0.3 is 0 Å². The Hall–Kier alpha value is -0.660. The summed E-state index contributed by atoms with van der Waals surface area (Å²) >= 11 is 7.52. The van der Waals surface area contributed by atoms with Gasteiger partial charge in [0.15, 0.2) is 0 Å². The van der Waals surface area contributed by atoms with E-state index in [1.807, 2.05) is 24.3 Å². The van der Waals surface area contributed by atoms with Crippen LogP contribution in [0.3, 0.4) is 0 Å². The van der Waals surface area contributed by atoms with E-state index >= 15 is 0 Å². The molecule has 1 aliphatic rings. The van der Waals surface area contributed by atoms with Crippen molar-refractivity contribution in [3.8, 4) is 0 Å². The molecule has 1 aliphatic heterocycles. The number of hydrogen-bond donors (Lipinski definition) is 0. The lowest BCUT2D eigenvalue weighted by Gasteiger charge is -2.00. The van der Waals surface area contributed by atoms with Gasteiger partial charge in [0.1, 0.15) is 0 Å². The Bertz CT molecular complexity index is 353. The van der Waals surface area contributed by atoms with Crippen LogP contribution in [0.25, 0.3) is 6.08 Å². The molecule has 0 bridgehead atoms. The van der Waals surface area contributed by atoms with Gasteiger partial charge in [0.2, 0.25) is 0 Å². The van der Waals surface area contributed by atoms with Crippen molar-refractivity contribution in [1.29, 1.82) is 0 Å². The lowest BCUT2D eigenvalue weighted by Crippen LogP contribution is -1.75. The molecule has 0 saturated carbocycles. The van der Waals surface area contributed by atoms with Crippen LogP contribution in [0, 0.1) is 0 Å². The molecule has 1 heterocycles. The van der Waals surface area contributed by atoms with Gasteiger partial charge in [-0.1, -0.05) is 53.7 Å². The zero-order valence-electron chi connectivity index (χ0n) is 6.33. The van der Waals surface area contributed by atoms with E-state index in [1.54, 1.807) is 11.8 Å². The molecule has 2 rings (SSSR count). The van der Waals surface area contributed by atoms with Gasteiger partial charge in [-0.2, -0.15) is 0 Å². The van der Waals surface area contributed by atoms with E-state index in [0.717, 1.165) is 4.36 Å². The van der Waals surface area contributed by atoms with Crippen LogP contribution >= 0.6 is 23.4 Å². The molecule has 2 heteroatoms. The summed E-state index contributed by atoms with van der Waals surface area (Å²) in [5.74, 6) is 0. The Morgan fingerprint density at radius 1 is 1.17 bits per heavy atom. The zero-order chi connectivity index (χ0) is 8.39. The van der Waals surface area contributed by atoms with E-state index in [4.69, 9.17) is 11.6 Å². The molecular formula is C10H7ClS. The molecule has 60 valence electrons. The molecule has 0 fully saturated rings. The molecule has 0 spiro atoms. The van der Waals surface area contributed by atoms with Crippen molar-refractivity contribution in [3.05, 3.63) is 46.3 Å². The first-order valence-electron chi connectivity index (χ1n) is 3.67. The van der Waals surface area contributed by atoms with Crippen molar-refractivity contribution >= 4 is 29.4 Å². The number of allylic oxidation sites excluding steroid dienone is 2. The van der Waals surface area contributed by atoms with E-state index in [-0.39, 0.29) is 0 Å². The zero-order valence-corrected chi connectivity index (χ0v) is 7.90. The predicted octanol–water partition coefficient (Wildman–Crippen LogP) is 3.89. The number of rotatable bonds is 0. The minimum absolute atomic E-state index is 0.816. The fraction of sp³-hybridized carbons (Fsp3) is 0. The van der Waals surface area contributed by atoms with Gasteiger partial charge in [0.05, 0.1) is 4.36 Å². The van der Waals surface area contributed by atoms with Crippen molar-refractivity contribution in [2.45, 2.75) is 4.90 Å². The van der Waals surface area contributed by atoms with Gasteiger partial charge < -0.3 is 0 Å². The third-order valence-corrected chi connectivity index (χ3v) is 2.91. The smallest absolute Gasteiger partial charge is 0.0771 e. The number of thioether (sulfide) groups is 1. The highest BCUT2D eigenvalue weighted by Crippen LogP contribution is 2.34. The monoisotopic (exact) mass is 194 g/mol. The Morgan fingerprint density at radius 2 is 2.00 bits per heavy atom. The van der Waals surface area contributed by atoms with Gasteiger partial charge in [-0.25, -0.2) is 0 Å². The summed E-state index contributed by atoms with van der Waals surface area (Å²) < 4.78 is 0.816. The summed E-state index contributed by atoms with van der Waals surface area (Å²) in [5, 5.41) is 0. The SMILES string of the molecule is ClC1=CC=Cc2ccccc2S1. The van der Waals surface area contributed by atoms with Crippen molar-refractivity contribution in [3.63, 3.8) is 0 Å². The summed E-state index contributed by atoms with van der Waals surface area (Å²) in [6, 6.07) is 8.21. The summed E-state index contributed by atoms with van der Waals surface area (Å²) in [7, 11) is 0. The molecule has 0 aliphatic carbocycles. The van der Waals surface area contributed by atoms with E-state index in [0.29, 0.717) is 0 Å². The first-order valence-corrected chi connectivity index (χ1v) is 4.86. The highest BCUT2D eigenvalue weighted by molar-refractivity contribution is 8.04. The topological polar surface area (TPSA) is 0 Å². The van der Waals surface area contributed by atoms with E-state index < -0.39 is 0 Å². The lowest BCUT2D eigenvalue weighted by molar-refractivity contribution is 1.43. The fourth-order valence-corrected chi connectivity index (χ4v) is 2.16. The number of halogens is 1. The molecule has 0 aromatic heterocycles. The molecular weight excluding hydrogens is 188 g/mol. The van der Waals surface area contributed by atoms with Gasteiger partial charge in [0.25, 0.3) is 0 Å². The van der Waals surface area contributed by atoms with Crippen LogP contribution < -0.4 is 0 Å². The summed E-state index contributed by atoms with van der Waals surface area (Å²) in [6.07, 6.45) is 5.95. The quantitative estimate of drug-likeness (QED) is 0.604. The van der Waals surface area contributed by atoms with Crippen LogP contribution in [0.2, 0.25) is 0 Å². The molecule has 0 saturated heterocycles. The van der Waals surface area contributed by atoms with E-state index in [2.05, 4.69) is 18.2 Å². The predicted molar refractivity (Wildman–Crippen MR) is 55.3 cm³/mol. The molecule has 0 nitrogen and oxygen atoms in total. The first-order chi connectivity index (χ1) is 5.86. The molecule has 0 N–H and O–H groups in total. The largest absolute Gasteiger partial charge is 0.0782 e. The Labute approximate surface area is 80.9 Å². The lowest BCUT2D eigenvalue weighted by atomic mass is 10.2. The van der Waals surface area contributed by atoms with Crippen molar-refractivity contribution < 1.29 is 0 Å². The molecule has 0 amide bonds. The third kappa shape index (κ3) is 1.57. The van der Waals surface area contributed by atoms with Crippen LogP contribution in [0.1, 0.15) is 5.56 Å². The van der Waals surface area contributed by atoms with Crippen LogP contribution in [0.5, 0.6) is 0 Å². The highest BCUT2D eigenvalue weighted by atomic mass is 35.5. The van der Waals surface area contributed by atoms with Gasteiger partial charge in [-0.15, -0.1) is 0 Å². The number of benzene rings is 1. The second-order valence-electron chi connectivity index (χ2n) is 2.47. The average molecular weight is 195 g/mol. The molecule has 1 aromatic rings. The molecule has 1 aromatic carbocycles. The maximum Gasteiger partial charge on any atom is 0.0782 e. The second-order valence-corrected chi connectivity index (χ2v) is 4.18. The Balaban J connectivity index is 2.49.